The number of fused-ring (bicyclic) bond motifs is 1. The van der Waals surface area contributed by atoms with Gasteiger partial charge in [-0.2, -0.15) is 0 Å². The molecule has 0 amide bonds. The lowest BCUT2D eigenvalue weighted by Crippen LogP contribution is -2.36. The first-order valence-electron chi connectivity index (χ1n) is 6.54. The smallest absolute Gasteiger partial charge is 0.345 e. The summed E-state index contributed by atoms with van der Waals surface area (Å²) in [6.07, 6.45) is 1.87. The first-order chi connectivity index (χ1) is 10.5. The van der Waals surface area contributed by atoms with E-state index in [0.717, 1.165) is 4.53 Å². The minimum atomic E-state index is -0.978. The number of hydrogen-bond donors (Lipinski definition) is 1. The van der Waals surface area contributed by atoms with Crippen molar-refractivity contribution in [3.63, 3.8) is 0 Å². The quantitative estimate of drug-likeness (QED) is 0.870. The highest BCUT2D eigenvalue weighted by Crippen LogP contribution is 2.15. The van der Waals surface area contributed by atoms with Crippen LogP contribution in [0.1, 0.15) is 20.0 Å². The lowest BCUT2D eigenvalue weighted by atomic mass is 10.00. The second kappa shape index (κ2) is 5.59. The highest BCUT2D eigenvalue weighted by Gasteiger charge is 2.20. The molecule has 0 fully saturated rings. The molecule has 0 spiro atoms. The van der Waals surface area contributed by atoms with Gasteiger partial charge >= 0.3 is 5.97 Å². The van der Waals surface area contributed by atoms with E-state index < -0.39 is 5.97 Å². The molecule has 0 bridgehead atoms. The molecule has 1 aliphatic heterocycles. The van der Waals surface area contributed by atoms with E-state index in [2.05, 4.69) is 0 Å². The Balaban J connectivity index is 2.18. The van der Waals surface area contributed by atoms with Gasteiger partial charge < -0.3 is 10.0 Å². The van der Waals surface area contributed by atoms with E-state index in [9.17, 15) is 9.59 Å². The average Bonchev–Trinajstić information content (AvgIpc) is 2.90. The number of rotatable bonds is 3. The van der Waals surface area contributed by atoms with Gasteiger partial charge in [0, 0.05) is 41.2 Å². The second-order valence-electron chi connectivity index (χ2n) is 5.05. The number of thiophene rings is 1. The Morgan fingerprint density at radius 1 is 1.27 bits per heavy atom. The molecular formula is C16H12ClNO3S. The largest absolute Gasteiger partial charge is 0.477 e. The number of carboxylic acids is 1. The van der Waals surface area contributed by atoms with Crippen molar-refractivity contribution >= 4 is 46.5 Å². The number of carboxylic acid groups (broad SMARTS) is 1. The van der Waals surface area contributed by atoms with Crippen LogP contribution in [0.4, 0.5) is 0 Å². The molecule has 112 valence electrons. The zero-order valence-corrected chi connectivity index (χ0v) is 13.2. The van der Waals surface area contributed by atoms with Crippen LogP contribution < -0.4 is 9.75 Å². The van der Waals surface area contributed by atoms with Gasteiger partial charge in [0.25, 0.3) is 0 Å². The van der Waals surface area contributed by atoms with Crippen LogP contribution in [0.5, 0.6) is 0 Å². The fourth-order valence-corrected chi connectivity index (χ4v) is 3.54. The lowest BCUT2D eigenvalue weighted by molar-refractivity contribution is 0.0702. The number of benzene rings is 1. The van der Waals surface area contributed by atoms with Gasteiger partial charge in [-0.3, -0.25) is 4.79 Å². The third kappa shape index (κ3) is 2.65. The van der Waals surface area contributed by atoms with E-state index in [-0.39, 0.29) is 10.7 Å². The number of Topliss-reactive ketones (excluding diaryl/α,β-unsaturated/α-hetero) is 1. The van der Waals surface area contributed by atoms with Crippen molar-refractivity contribution in [3.05, 3.63) is 55.5 Å². The number of hydrogen-bond acceptors (Lipinski definition) is 4. The molecule has 2 heterocycles. The van der Waals surface area contributed by atoms with E-state index >= 15 is 0 Å². The molecule has 1 aromatic heterocycles. The first-order valence-corrected chi connectivity index (χ1v) is 7.74. The molecule has 1 aliphatic rings. The van der Waals surface area contributed by atoms with Crippen LogP contribution in [0.15, 0.2) is 30.3 Å². The van der Waals surface area contributed by atoms with Crippen LogP contribution in [0.25, 0.3) is 11.8 Å². The minimum absolute atomic E-state index is 0.104. The lowest BCUT2D eigenvalue weighted by Gasteiger charge is -2.19. The summed E-state index contributed by atoms with van der Waals surface area (Å²) in [5, 5.41) is 10.4. The van der Waals surface area contributed by atoms with Gasteiger partial charge in [0.2, 0.25) is 0 Å². The summed E-state index contributed by atoms with van der Waals surface area (Å²) in [5.74, 6) is -1.08. The molecule has 0 unspecified atom stereocenters. The fraction of sp³-hybridized carbons (Fsp3) is 0.125. The number of ketones is 1. The Hall–Kier alpha value is -2.11. The number of halogens is 1. The number of aromatic carboxylic acids is 1. The van der Waals surface area contributed by atoms with Gasteiger partial charge in [-0.15, -0.1) is 11.3 Å². The van der Waals surface area contributed by atoms with Gasteiger partial charge in [-0.25, -0.2) is 4.79 Å². The van der Waals surface area contributed by atoms with Crippen molar-refractivity contribution in [1.82, 2.24) is 4.90 Å². The van der Waals surface area contributed by atoms with E-state index in [0.29, 0.717) is 27.9 Å². The van der Waals surface area contributed by atoms with Crippen molar-refractivity contribution in [2.75, 3.05) is 13.6 Å². The number of carbonyl (C=O) groups is 2. The summed E-state index contributed by atoms with van der Waals surface area (Å²) in [5.41, 5.74) is 1.15. The Kier molecular flexibility index (Phi) is 3.76. The molecule has 0 saturated heterocycles. The molecule has 1 aromatic carbocycles. The summed E-state index contributed by atoms with van der Waals surface area (Å²) in [6.45, 7) is 0.449. The van der Waals surface area contributed by atoms with Crippen LogP contribution >= 0.6 is 22.9 Å². The third-order valence-corrected chi connectivity index (χ3v) is 4.73. The zero-order chi connectivity index (χ0) is 15.9. The van der Waals surface area contributed by atoms with Crippen molar-refractivity contribution in [2.24, 2.45) is 0 Å². The molecular weight excluding hydrogens is 322 g/mol. The molecule has 3 rings (SSSR count). The van der Waals surface area contributed by atoms with E-state index in [1.807, 2.05) is 18.1 Å². The summed E-state index contributed by atoms with van der Waals surface area (Å²) in [7, 11) is 1.86. The van der Waals surface area contributed by atoms with E-state index in [4.69, 9.17) is 16.7 Å². The molecule has 0 aliphatic carbocycles. The van der Waals surface area contributed by atoms with E-state index in [1.54, 1.807) is 30.3 Å². The predicted molar refractivity (Wildman–Crippen MR) is 86.8 cm³/mol. The first kappa shape index (κ1) is 14.8. The number of nitrogens with zero attached hydrogens (tertiary/aromatic N) is 1. The topological polar surface area (TPSA) is 57.6 Å². The Labute approximate surface area is 135 Å². The van der Waals surface area contributed by atoms with E-state index in [1.165, 1.54) is 11.3 Å². The monoisotopic (exact) mass is 333 g/mol. The maximum Gasteiger partial charge on any atom is 0.345 e. The zero-order valence-electron chi connectivity index (χ0n) is 11.7. The van der Waals surface area contributed by atoms with Crippen LogP contribution in [0, 0.1) is 0 Å². The minimum Gasteiger partial charge on any atom is -0.477 e. The standard InChI is InChI=1S/C16H12ClNO3S/c1-18-7-12(15(19)9-2-4-10(17)5-3-9)11-6-13(16(20)21)22-14(11)8-18/h2-6,8H,7H2,1H3,(H,20,21). The highest BCUT2D eigenvalue weighted by molar-refractivity contribution is 7.11. The molecule has 2 aromatic rings. The molecule has 4 nitrogen and oxygen atoms in total. The SMILES string of the molecule is CN1C=c2sc(C(=O)O)cc2=C(C(=O)c2ccc(Cl)cc2)C1. The fourth-order valence-electron chi connectivity index (χ4n) is 2.39. The van der Waals surface area contributed by atoms with Crippen molar-refractivity contribution in [2.45, 2.75) is 0 Å². The Morgan fingerprint density at radius 3 is 2.59 bits per heavy atom. The molecule has 1 N–H and O–H groups in total. The molecule has 6 heteroatoms. The predicted octanol–water partition coefficient (Wildman–Crippen LogP) is 1.82. The van der Waals surface area contributed by atoms with Crippen LogP contribution in [0.3, 0.4) is 0 Å². The van der Waals surface area contributed by atoms with Gasteiger partial charge in [-0.05, 0) is 30.3 Å². The van der Waals surface area contributed by atoms with Gasteiger partial charge in [0.05, 0.1) is 4.53 Å². The van der Waals surface area contributed by atoms with Gasteiger partial charge in [0.15, 0.2) is 5.78 Å². The summed E-state index contributed by atoms with van der Waals surface area (Å²) in [6, 6.07) is 8.28. The van der Waals surface area contributed by atoms with Crippen LogP contribution in [-0.2, 0) is 0 Å². The Morgan fingerprint density at radius 2 is 1.95 bits per heavy atom. The second-order valence-corrected chi connectivity index (χ2v) is 6.57. The summed E-state index contributed by atoms with van der Waals surface area (Å²) >= 11 is 7.02. The maximum atomic E-state index is 12.7. The average molecular weight is 334 g/mol. The van der Waals surface area contributed by atoms with Crippen molar-refractivity contribution < 1.29 is 14.7 Å². The van der Waals surface area contributed by atoms with Crippen molar-refractivity contribution in [3.8, 4) is 0 Å². The number of carbonyl (C=O) groups excluding carboxylic acids is 1. The third-order valence-electron chi connectivity index (χ3n) is 3.42. The van der Waals surface area contributed by atoms with Gasteiger partial charge in [-0.1, -0.05) is 11.6 Å². The molecule has 0 atom stereocenters. The maximum absolute atomic E-state index is 12.7. The molecule has 0 radical (unpaired) electrons. The summed E-state index contributed by atoms with van der Waals surface area (Å²) in [4.78, 5) is 26.0. The molecule has 22 heavy (non-hydrogen) atoms. The molecule has 0 saturated carbocycles. The normalized spacial score (nSPS) is 13.5. The van der Waals surface area contributed by atoms with Crippen molar-refractivity contribution in [1.29, 1.82) is 0 Å². The summed E-state index contributed by atoms with van der Waals surface area (Å²) < 4.78 is 0.795. The van der Waals surface area contributed by atoms with Crippen LogP contribution in [0.2, 0.25) is 5.02 Å². The Bertz CT molecular complexity index is 883. The van der Waals surface area contributed by atoms with Gasteiger partial charge in [0.1, 0.15) is 4.88 Å². The highest BCUT2D eigenvalue weighted by atomic mass is 35.5. The van der Waals surface area contributed by atoms with Crippen LogP contribution in [-0.4, -0.2) is 35.4 Å².